The zero-order valence-electron chi connectivity index (χ0n) is 16.6. The van der Waals surface area contributed by atoms with Crippen LogP contribution in [0.3, 0.4) is 0 Å². The fourth-order valence-electron chi connectivity index (χ4n) is 4.30. The van der Waals surface area contributed by atoms with E-state index in [2.05, 4.69) is 5.10 Å². The molecule has 28 heavy (non-hydrogen) atoms. The van der Waals surface area contributed by atoms with Crippen LogP contribution in [-0.4, -0.2) is 58.3 Å². The van der Waals surface area contributed by atoms with Crippen LogP contribution >= 0.6 is 0 Å². The second-order valence-electron chi connectivity index (χ2n) is 7.63. The summed E-state index contributed by atoms with van der Waals surface area (Å²) in [6, 6.07) is 9.64. The van der Waals surface area contributed by atoms with Crippen molar-refractivity contribution < 1.29 is 14.3 Å². The summed E-state index contributed by atoms with van der Waals surface area (Å²) in [5, 5.41) is 4.47. The third kappa shape index (κ3) is 3.09. The number of para-hydroxylation sites is 1. The van der Waals surface area contributed by atoms with Crippen LogP contribution in [0.15, 0.2) is 30.3 Å². The Bertz CT molecular complexity index is 908. The molecule has 2 aromatic rings. The van der Waals surface area contributed by atoms with Gasteiger partial charge in [0.1, 0.15) is 12.2 Å². The molecular weight excluding hydrogens is 356 g/mol. The Morgan fingerprint density at radius 1 is 1.21 bits per heavy atom. The molecule has 1 unspecified atom stereocenters. The van der Waals surface area contributed by atoms with Crippen LogP contribution < -0.4 is 4.90 Å². The Balaban J connectivity index is 1.54. The van der Waals surface area contributed by atoms with E-state index < -0.39 is 5.60 Å². The van der Waals surface area contributed by atoms with Crippen LogP contribution in [0.5, 0.6) is 0 Å². The molecule has 0 saturated carbocycles. The van der Waals surface area contributed by atoms with E-state index in [1.165, 1.54) is 0 Å². The highest BCUT2D eigenvalue weighted by molar-refractivity contribution is 5.97. The molecule has 1 aromatic heterocycles. The first kappa shape index (κ1) is 18.7. The fourth-order valence-corrected chi connectivity index (χ4v) is 4.30. The fraction of sp³-hybridized carbons (Fsp3) is 0.476. The summed E-state index contributed by atoms with van der Waals surface area (Å²) in [4.78, 5) is 29.2. The number of morpholine rings is 1. The molecule has 4 rings (SSSR count). The zero-order valence-corrected chi connectivity index (χ0v) is 16.6. The Hall–Kier alpha value is -2.67. The SMILES string of the molecule is CCn1nc(C)c(C(=O)N2CCC3(C2)CN(c2ccccc2)C(=O)CO3)c1C. The predicted octanol–water partition coefficient (Wildman–Crippen LogP) is 2.17. The van der Waals surface area contributed by atoms with E-state index in [4.69, 9.17) is 4.74 Å². The third-order valence-corrected chi connectivity index (χ3v) is 5.82. The van der Waals surface area contributed by atoms with E-state index in [-0.39, 0.29) is 18.4 Å². The topological polar surface area (TPSA) is 67.7 Å². The number of nitrogens with zero attached hydrogens (tertiary/aromatic N) is 4. The normalized spacial score (nSPS) is 22.3. The minimum atomic E-state index is -0.512. The van der Waals surface area contributed by atoms with Crippen molar-refractivity contribution in [2.24, 2.45) is 0 Å². The molecule has 2 saturated heterocycles. The van der Waals surface area contributed by atoms with Gasteiger partial charge in [-0.05, 0) is 39.3 Å². The van der Waals surface area contributed by atoms with E-state index in [1.807, 2.05) is 60.7 Å². The zero-order chi connectivity index (χ0) is 19.9. The lowest BCUT2D eigenvalue weighted by molar-refractivity contribution is -0.137. The first-order chi connectivity index (χ1) is 13.4. The minimum absolute atomic E-state index is 0.00154. The molecule has 148 valence electrons. The number of aryl methyl sites for hydroxylation is 2. The van der Waals surface area contributed by atoms with Gasteiger partial charge in [-0.3, -0.25) is 14.3 Å². The van der Waals surface area contributed by atoms with Crippen LogP contribution in [0, 0.1) is 13.8 Å². The second kappa shape index (κ2) is 7.05. The van der Waals surface area contributed by atoms with Gasteiger partial charge in [0.25, 0.3) is 11.8 Å². The van der Waals surface area contributed by atoms with Gasteiger partial charge in [0, 0.05) is 24.5 Å². The van der Waals surface area contributed by atoms with Gasteiger partial charge in [-0.2, -0.15) is 5.10 Å². The Kier molecular flexibility index (Phi) is 4.71. The molecule has 0 aliphatic carbocycles. The number of rotatable bonds is 3. The molecule has 2 aliphatic rings. The van der Waals surface area contributed by atoms with Crippen molar-refractivity contribution in [2.75, 3.05) is 31.1 Å². The van der Waals surface area contributed by atoms with Crippen LogP contribution in [0.2, 0.25) is 0 Å². The Morgan fingerprint density at radius 3 is 2.64 bits per heavy atom. The smallest absolute Gasteiger partial charge is 0.257 e. The van der Waals surface area contributed by atoms with Gasteiger partial charge in [0.05, 0.1) is 24.3 Å². The average Bonchev–Trinajstić information content (AvgIpc) is 3.25. The molecule has 1 atom stereocenters. The molecular formula is C21H26N4O3. The van der Waals surface area contributed by atoms with Crippen molar-refractivity contribution in [2.45, 2.75) is 39.3 Å². The lowest BCUT2D eigenvalue weighted by Crippen LogP contribution is -2.56. The Labute approximate surface area is 164 Å². The summed E-state index contributed by atoms with van der Waals surface area (Å²) in [6.07, 6.45) is 0.718. The summed E-state index contributed by atoms with van der Waals surface area (Å²) < 4.78 is 7.85. The van der Waals surface area contributed by atoms with Gasteiger partial charge < -0.3 is 14.5 Å². The van der Waals surface area contributed by atoms with Gasteiger partial charge in [-0.25, -0.2) is 0 Å². The highest BCUT2D eigenvalue weighted by Crippen LogP contribution is 2.33. The molecule has 7 heteroatoms. The number of anilines is 1. The maximum Gasteiger partial charge on any atom is 0.257 e. The van der Waals surface area contributed by atoms with E-state index in [0.29, 0.717) is 25.2 Å². The van der Waals surface area contributed by atoms with Crippen LogP contribution in [0.1, 0.15) is 35.1 Å². The van der Waals surface area contributed by atoms with E-state index in [9.17, 15) is 9.59 Å². The van der Waals surface area contributed by atoms with Crippen molar-refractivity contribution in [3.8, 4) is 0 Å². The Morgan fingerprint density at radius 2 is 1.96 bits per heavy atom. The standard InChI is InChI=1S/C21H26N4O3/c1-4-25-16(3)19(15(2)22-25)20(27)23-11-10-21(13-23)14-24(18(26)12-28-21)17-8-6-5-7-9-17/h5-9H,4,10-14H2,1-3H3. The number of likely N-dealkylation sites (tertiary alicyclic amines) is 1. The molecule has 0 N–H and O–H groups in total. The first-order valence-electron chi connectivity index (χ1n) is 9.77. The molecule has 3 heterocycles. The summed E-state index contributed by atoms with van der Waals surface area (Å²) >= 11 is 0. The summed E-state index contributed by atoms with van der Waals surface area (Å²) in [7, 11) is 0. The number of ether oxygens (including phenoxy) is 1. The van der Waals surface area contributed by atoms with Gasteiger partial charge in [-0.1, -0.05) is 18.2 Å². The minimum Gasteiger partial charge on any atom is -0.361 e. The first-order valence-corrected chi connectivity index (χ1v) is 9.77. The van der Waals surface area contributed by atoms with Crippen molar-refractivity contribution >= 4 is 17.5 Å². The maximum absolute atomic E-state index is 13.2. The van der Waals surface area contributed by atoms with Gasteiger partial charge in [0.2, 0.25) is 0 Å². The molecule has 1 spiro atoms. The summed E-state index contributed by atoms with van der Waals surface area (Å²) in [5.41, 5.74) is 2.70. The molecule has 7 nitrogen and oxygen atoms in total. The van der Waals surface area contributed by atoms with Crippen molar-refractivity contribution in [3.05, 3.63) is 47.3 Å². The molecule has 2 aliphatic heterocycles. The monoisotopic (exact) mass is 382 g/mol. The number of aromatic nitrogens is 2. The quantitative estimate of drug-likeness (QED) is 0.816. The largest absolute Gasteiger partial charge is 0.361 e. The molecule has 0 radical (unpaired) electrons. The van der Waals surface area contributed by atoms with Gasteiger partial charge in [-0.15, -0.1) is 0 Å². The summed E-state index contributed by atoms with van der Waals surface area (Å²) in [5.74, 6) is -0.0455. The van der Waals surface area contributed by atoms with E-state index in [1.54, 1.807) is 4.90 Å². The number of carbonyl (C=O) groups is 2. The number of amides is 2. The van der Waals surface area contributed by atoms with Crippen molar-refractivity contribution in [1.29, 1.82) is 0 Å². The van der Waals surface area contributed by atoms with Gasteiger partial charge >= 0.3 is 0 Å². The molecule has 0 bridgehead atoms. The number of hydrogen-bond donors (Lipinski definition) is 0. The average molecular weight is 382 g/mol. The second-order valence-corrected chi connectivity index (χ2v) is 7.63. The number of hydrogen-bond acceptors (Lipinski definition) is 4. The number of carbonyl (C=O) groups excluding carboxylic acids is 2. The lowest BCUT2D eigenvalue weighted by Gasteiger charge is -2.40. The lowest BCUT2D eigenvalue weighted by atomic mass is 10.00. The van der Waals surface area contributed by atoms with Crippen molar-refractivity contribution in [3.63, 3.8) is 0 Å². The van der Waals surface area contributed by atoms with Gasteiger partial charge in [0.15, 0.2) is 0 Å². The molecule has 2 fully saturated rings. The van der Waals surface area contributed by atoms with E-state index >= 15 is 0 Å². The molecule has 1 aromatic carbocycles. The number of benzene rings is 1. The highest BCUT2D eigenvalue weighted by Gasteiger charge is 2.47. The maximum atomic E-state index is 13.2. The third-order valence-electron chi connectivity index (χ3n) is 5.82. The van der Waals surface area contributed by atoms with Crippen LogP contribution in [0.4, 0.5) is 5.69 Å². The van der Waals surface area contributed by atoms with Crippen LogP contribution in [-0.2, 0) is 16.1 Å². The molecule has 2 amide bonds. The van der Waals surface area contributed by atoms with Crippen molar-refractivity contribution in [1.82, 2.24) is 14.7 Å². The highest BCUT2D eigenvalue weighted by atomic mass is 16.5. The van der Waals surface area contributed by atoms with E-state index in [0.717, 1.165) is 30.0 Å². The van der Waals surface area contributed by atoms with Crippen LogP contribution in [0.25, 0.3) is 0 Å². The summed E-state index contributed by atoms with van der Waals surface area (Å²) in [6.45, 7) is 8.18. The predicted molar refractivity (Wildman–Crippen MR) is 105 cm³/mol.